The smallest absolute Gasteiger partial charge is 0.165 e. The van der Waals surface area contributed by atoms with Crippen LogP contribution in [-0.2, 0) is 6.54 Å². The monoisotopic (exact) mass is 233 g/mol. The van der Waals surface area contributed by atoms with Gasteiger partial charge in [-0.05, 0) is 12.3 Å². The molecular weight excluding hydrogens is 214 g/mol. The van der Waals surface area contributed by atoms with Gasteiger partial charge in [0.1, 0.15) is 11.8 Å². The van der Waals surface area contributed by atoms with E-state index in [0.29, 0.717) is 11.3 Å². The van der Waals surface area contributed by atoms with E-state index < -0.39 is 0 Å². The Kier molecular flexibility index (Phi) is 3.56. The summed E-state index contributed by atoms with van der Waals surface area (Å²) in [5.41, 5.74) is 7.28. The van der Waals surface area contributed by atoms with Gasteiger partial charge in [-0.15, -0.1) is 0 Å². The predicted octanol–water partition coefficient (Wildman–Crippen LogP) is 2.23. The van der Waals surface area contributed by atoms with Crippen molar-refractivity contribution >= 4 is 17.0 Å². The number of nitrogens with zero attached hydrogens (tertiary/aromatic N) is 4. The minimum absolute atomic E-state index is 0.455. The number of fused-ring (bicyclic) bond motifs is 1. The van der Waals surface area contributed by atoms with Gasteiger partial charge in [-0.25, -0.2) is 15.0 Å². The molecule has 0 fully saturated rings. The van der Waals surface area contributed by atoms with Gasteiger partial charge in [0.25, 0.3) is 0 Å². The summed E-state index contributed by atoms with van der Waals surface area (Å²) < 4.78 is 2.05. The Morgan fingerprint density at radius 2 is 2.06 bits per heavy atom. The molecule has 0 aromatic carbocycles. The molecule has 2 aromatic heterocycles. The molecule has 17 heavy (non-hydrogen) atoms. The third kappa shape index (κ3) is 2.72. The van der Waals surface area contributed by atoms with Gasteiger partial charge in [0.2, 0.25) is 0 Å². The molecule has 2 heterocycles. The largest absolute Gasteiger partial charge is 0.382 e. The van der Waals surface area contributed by atoms with Gasteiger partial charge in [-0.1, -0.05) is 26.7 Å². The first-order chi connectivity index (χ1) is 8.18. The Balaban J connectivity index is 2.02. The summed E-state index contributed by atoms with van der Waals surface area (Å²) in [6.45, 7) is 5.45. The average Bonchev–Trinajstić information content (AvgIpc) is 2.69. The van der Waals surface area contributed by atoms with E-state index in [4.69, 9.17) is 5.73 Å². The average molecular weight is 233 g/mol. The molecule has 2 aromatic rings. The molecule has 0 amide bonds. The topological polar surface area (TPSA) is 69.6 Å². The molecule has 0 radical (unpaired) electrons. The molecule has 5 nitrogen and oxygen atoms in total. The van der Waals surface area contributed by atoms with Crippen molar-refractivity contribution in [1.82, 2.24) is 19.5 Å². The molecule has 0 aliphatic carbocycles. The molecule has 0 bridgehead atoms. The number of imidazole rings is 1. The van der Waals surface area contributed by atoms with Gasteiger partial charge in [-0.2, -0.15) is 0 Å². The quantitative estimate of drug-likeness (QED) is 0.804. The second-order valence-corrected chi connectivity index (χ2v) is 4.76. The summed E-state index contributed by atoms with van der Waals surface area (Å²) in [5, 5.41) is 0. The minimum Gasteiger partial charge on any atom is -0.382 e. The zero-order valence-electron chi connectivity index (χ0n) is 10.4. The lowest BCUT2D eigenvalue weighted by atomic mass is 10.1. The second-order valence-electron chi connectivity index (χ2n) is 4.76. The first-order valence-electron chi connectivity index (χ1n) is 6.10. The SMILES string of the molecule is CC(C)CCCCn1cnc2c(N)ncnc21. The molecule has 0 atom stereocenters. The van der Waals surface area contributed by atoms with Crippen LogP contribution in [0.4, 0.5) is 5.82 Å². The first kappa shape index (κ1) is 11.8. The predicted molar refractivity (Wildman–Crippen MR) is 68.4 cm³/mol. The van der Waals surface area contributed by atoms with Gasteiger partial charge in [0.15, 0.2) is 11.5 Å². The van der Waals surface area contributed by atoms with Crippen molar-refractivity contribution in [2.24, 2.45) is 5.92 Å². The molecule has 2 rings (SSSR count). The maximum Gasteiger partial charge on any atom is 0.165 e. The zero-order valence-corrected chi connectivity index (χ0v) is 10.4. The van der Waals surface area contributed by atoms with E-state index in [9.17, 15) is 0 Å². The number of unbranched alkanes of at least 4 members (excludes halogenated alkanes) is 1. The van der Waals surface area contributed by atoms with E-state index in [1.54, 1.807) is 6.33 Å². The van der Waals surface area contributed by atoms with Gasteiger partial charge in [0.05, 0.1) is 6.33 Å². The lowest BCUT2D eigenvalue weighted by Crippen LogP contribution is -2.00. The molecule has 92 valence electrons. The number of aromatic nitrogens is 4. The number of aryl methyl sites for hydroxylation is 1. The Hall–Kier alpha value is -1.65. The number of hydrogen-bond donors (Lipinski definition) is 1. The van der Waals surface area contributed by atoms with E-state index in [2.05, 4.69) is 28.8 Å². The van der Waals surface area contributed by atoms with Crippen LogP contribution in [0.2, 0.25) is 0 Å². The zero-order chi connectivity index (χ0) is 12.3. The highest BCUT2D eigenvalue weighted by Gasteiger charge is 2.07. The second kappa shape index (κ2) is 5.12. The minimum atomic E-state index is 0.455. The summed E-state index contributed by atoms with van der Waals surface area (Å²) in [5.74, 6) is 1.23. The van der Waals surface area contributed by atoms with Crippen LogP contribution in [0, 0.1) is 5.92 Å². The summed E-state index contributed by atoms with van der Waals surface area (Å²) in [4.78, 5) is 12.4. The number of hydrogen-bond acceptors (Lipinski definition) is 4. The van der Waals surface area contributed by atoms with E-state index >= 15 is 0 Å². The fraction of sp³-hybridized carbons (Fsp3) is 0.583. The van der Waals surface area contributed by atoms with Crippen molar-refractivity contribution < 1.29 is 0 Å². The van der Waals surface area contributed by atoms with Crippen LogP contribution in [-0.4, -0.2) is 19.5 Å². The maximum atomic E-state index is 5.74. The van der Waals surface area contributed by atoms with E-state index in [1.807, 2.05) is 4.57 Å². The van der Waals surface area contributed by atoms with Gasteiger partial charge in [-0.3, -0.25) is 0 Å². The fourth-order valence-corrected chi connectivity index (χ4v) is 1.90. The first-order valence-corrected chi connectivity index (χ1v) is 6.10. The summed E-state index contributed by atoms with van der Waals surface area (Å²) in [6.07, 6.45) is 6.93. The molecule has 0 spiro atoms. The highest BCUT2D eigenvalue weighted by Crippen LogP contribution is 2.15. The van der Waals surface area contributed by atoms with Crippen molar-refractivity contribution in [1.29, 1.82) is 0 Å². The highest BCUT2D eigenvalue weighted by atomic mass is 15.1. The Bertz CT molecular complexity index is 489. The molecule has 5 heteroatoms. The van der Waals surface area contributed by atoms with Crippen LogP contribution >= 0.6 is 0 Å². The Morgan fingerprint density at radius 1 is 1.24 bits per heavy atom. The summed E-state index contributed by atoms with van der Waals surface area (Å²) >= 11 is 0. The van der Waals surface area contributed by atoms with Gasteiger partial charge in [0, 0.05) is 6.54 Å². The number of nitrogen functional groups attached to an aromatic ring is 1. The number of nitrogens with two attached hydrogens (primary N) is 1. The lowest BCUT2D eigenvalue weighted by Gasteiger charge is -2.05. The van der Waals surface area contributed by atoms with Crippen molar-refractivity contribution in [2.45, 2.75) is 39.7 Å². The lowest BCUT2D eigenvalue weighted by molar-refractivity contribution is 0.512. The number of anilines is 1. The molecule has 0 saturated heterocycles. The standard InChI is InChI=1S/C12H19N5/c1-9(2)5-3-4-6-17-8-16-10-11(13)14-7-15-12(10)17/h7-9H,3-6H2,1-2H3,(H2,13,14,15). The third-order valence-corrected chi connectivity index (χ3v) is 2.86. The maximum absolute atomic E-state index is 5.74. The van der Waals surface area contributed by atoms with Gasteiger partial charge < -0.3 is 10.3 Å². The molecule has 0 unspecified atom stereocenters. The van der Waals surface area contributed by atoms with Crippen LogP contribution in [0.1, 0.15) is 33.1 Å². The van der Waals surface area contributed by atoms with Crippen LogP contribution in [0.5, 0.6) is 0 Å². The van der Waals surface area contributed by atoms with Crippen LogP contribution < -0.4 is 5.73 Å². The molecule has 2 N–H and O–H groups in total. The van der Waals surface area contributed by atoms with E-state index in [1.165, 1.54) is 19.2 Å². The fourth-order valence-electron chi connectivity index (χ4n) is 1.90. The van der Waals surface area contributed by atoms with E-state index in [0.717, 1.165) is 24.5 Å². The third-order valence-electron chi connectivity index (χ3n) is 2.86. The molecule has 0 aliphatic heterocycles. The van der Waals surface area contributed by atoms with E-state index in [-0.39, 0.29) is 0 Å². The van der Waals surface area contributed by atoms with Gasteiger partial charge >= 0.3 is 0 Å². The molecule has 0 saturated carbocycles. The highest BCUT2D eigenvalue weighted by molar-refractivity contribution is 5.80. The summed E-state index contributed by atoms with van der Waals surface area (Å²) in [6, 6.07) is 0. The molecular formula is C12H19N5. The molecule has 0 aliphatic rings. The number of rotatable bonds is 5. The Labute approximate surface area is 101 Å². The van der Waals surface area contributed by atoms with Crippen molar-refractivity contribution in [3.05, 3.63) is 12.7 Å². The van der Waals surface area contributed by atoms with Crippen LogP contribution in [0.15, 0.2) is 12.7 Å². The van der Waals surface area contributed by atoms with Crippen LogP contribution in [0.25, 0.3) is 11.2 Å². The van der Waals surface area contributed by atoms with Crippen molar-refractivity contribution in [2.75, 3.05) is 5.73 Å². The van der Waals surface area contributed by atoms with Crippen molar-refractivity contribution in [3.63, 3.8) is 0 Å². The van der Waals surface area contributed by atoms with Crippen LogP contribution in [0.3, 0.4) is 0 Å². The van der Waals surface area contributed by atoms with Crippen molar-refractivity contribution in [3.8, 4) is 0 Å². The normalized spacial score (nSPS) is 11.5. The Morgan fingerprint density at radius 3 is 2.82 bits per heavy atom. The summed E-state index contributed by atoms with van der Waals surface area (Å²) in [7, 11) is 0.